The number of carboxylic acid groups (broad SMARTS) is 1. The number of rotatable bonds is 5. The Kier molecular flexibility index (Phi) is 4.08. The molecular formula is C15H18N2O3. The van der Waals surface area contributed by atoms with Crippen molar-refractivity contribution in [1.29, 1.82) is 0 Å². The van der Waals surface area contributed by atoms with Gasteiger partial charge in [-0.1, -0.05) is 19.1 Å². The molecule has 0 radical (unpaired) electrons. The summed E-state index contributed by atoms with van der Waals surface area (Å²) >= 11 is 0. The molecule has 106 valence electrons. The predicted octanol–water partition coefficient (Wildman–Crippen LogP) is 3.23. The first-order valence-corrected chi connectivity index (χ1v) is 6.53. The molecule has 0 aliphatic heterocycles. The van der Waals surface area contributed by atoms with Crippen LogP contribution in [0.2, 0.25) is 0 Å². The maximum Gasteiger partial charge on any atom is 0.339 e. The highest BCUT2D eigenvalue weighted by molar-refractivity contribution is 5.94. The first kappa shape index (κ1) is 14.1. The van der Waals surface area contributed by atoms with Crippen LogP contribution in [0.3, 0.4) is 0 Å². The number of nitrogens with zero attached hydrogens (tertiary/aromatic N) is 2. The van der Waals surface area contributed by atoms with Gasteiger partial charge >= 0.3 is 5.97 Å². The molecule has 1 aromatic carbocycles. The highest BCUT2D eigenvalue weighted by atomic mass is 16.5. The summed E-state index contributed by atoms with van der Waals surface area (Å²) in [4.78, 5) is 11.4. The molecule has 0 saturated carbocycles. The zero-order valence-electron chi connectivity index (χ0n) is 11.8. The molecule has 1 atom stereocenters. The Morgan fingerprint density at radius 3 is 2.85 bits per heavy atom. The molecule has 20 heavy (non-hydrogen) atoms. The summed E-state index contributed by atoms with van der Waals surface area (Å²) in [7, 11) is 1.58. The summed E-state index contributed by atoms with van der Waals surface area (Å²) in [5.74, 6) is -0.297. The summed E-state index contributed by atoms with van der Waals surface area (Å²) in [5, 5.41) is 13.8. The maximum absolute atomic E-state index is 11.4. The second kappa shape index (κ2) is 5.77. The predicted molar refractivity (Wildman–Crippen MR) is 76.2 cm³/mol. The summed E-state index contributed by atoms with van der Waals surface area (Å²) < 4.78 is 6.88. The first-order chi connectivity index (χ1) is 9.56. The second-order valence-electron chi connectivity index (χ2n) is 4.67. The van der Waals surface area contributed by atoms with Gasteiger partial charge in [-0.05, 0) is 25.5 Å². The van der Waals surface area contributed by atoms with Crippen molar-refractivity contribution in [3.8, 4) is 17.0 Å². The summed E-state index contributed by atoms with van der Waals surface area (Å²) in [6.07, 6.45) is 2.48. The van der Waals surface area contributed by atoms with E-state index in [2.05, 4.69) is 5.10 Å². The molecule has 1 aromatic heterocycles. The molecular weight excluding hydrogens is 256 g/mol. The molecule has 0 amide bonds. The standard InChI is InChI=1S/C15H18N2O3/c1-4-10(2)17-9-13(15(18)19)14(16-17)11-6-5-7-12(8-11)20-3/h5-10H,4H2,1-3H3,(H,18,19). The molecule has 1 heterocycles. The van der Waals surface area contributed by atoms with Gasteiger partial charge in [-0.3, -0.25) is 4.68 Å². The number of aromatic carboxylic acids is 1. The third-order valence-corrected chi connectivity index (χ3v) is 3.35. The normalized spacial score (nSPS) is 12.2. The monoisotopic (exact) mass is 274 g/mol. The van der Waals surface area contributed by atoms with Gasteiger partial charge in [0.2, 0.25) is 0 Å². The fourth-order valence-electron chi connectivity index (χ4n) is 1.94. The molecule has 0 saturated heterocycles. The SMILES string of the molecule is CCC(C)n1cc(C(=O)O)c(-c2cccc(OC)c2)n1. The van der Waals surface area contributed by atoms with Crippen LogP contribution in [0.4, 0.5) is 0 Å². The number of carbonyl (C=O) groups is 1. The Hall–Kier alpha value is -2.30. The topological polar surface area (TPSA) is 64.4 Å². The van der Waals surface area contributed by atoms with E-state index in [1.165, 1.54) is 0 Å². The lowest BCUT2D eigenvalue weighted by Gasteiger charge is -2.08. The van der Waals surface area contributed by atoms with Gasteiger partial charge in [-0.15, -0.1) is 0 Å². The molecule has 2 rings (SSSR count). The van der Waals surface area contributed by atoms with Crippen LogP contribution in [-0.2, 0) is 0 Å². The summed E-state index contributed by atoms with van der Waals surface area (Å²) in [5.41, 5.74) is 1.42. The highest BCUT2D eigenvalue weighted by Gasteiger charge is 2.19. The van der Waals surface area contributed by atoms with Gasteiger partial charge in [0.05, 0.1) is 7.11 Å². The Balaban J connectivity index is 2.53. The van der Waals surface area contributed by atoms with Gasteiger partial charge in [-0.2, -0.15) is 5.10 Å². The molecule has 0 aliphatic carbocycles. The van der Waals surface area contributed by atoms with E-state index in [4.69, 9.17) is 4.74 Å². The van der Waals surface area contributed by atoms with Crippen molar-refractivity contribution in [3.63, 3.8) is 0 Å². The quantitative estimate of drug-likeness (QED) is 0.909. The van der Waals surface area contributed by atoms with Gasteiger partial charge in [0.15, 0.2) is 0 Å². The number of hydrogen-bond acceptors (Lipinski definition) is 3. The Labute approximate surface area is 117 Å². The average molecular weight is 274 g/mol. The minimum Gasteiger partial charge on any atom is -0.497 e. The molecule has 5 nitrogen and oxygen atoms in total. The molecule has 0 fully saturated rings. The first-order valence-electron chi connectivity index (χ1n) is 6.53. The maximum atomic E-state index is 11.4. The highest BCUT2D eigenvalue weighted by Crippen LogP contribution is 2.27. The van der Waals surface area contributed by atoms with Gasteiger partial charge < -0.3 is 9.84 Å². The van der Waals surface area contributed by atoms with Crippen LogP contribution >= 0.6 is 0 Å². The average Bonchev–Trinajstić information content (AvgIpc) is 2.92. The Bertz CT molecular complexity index is 619. The van der Waals surface area contributed by atoms with Gasteiger partial charge in [0.25, 0.3) is 0 Å². The number of hydrogen-bond donors (Lipinski definition) is 1. The largest absolute Gasteiger partial charge is 0.497 e. The number of ether oxygens (including phenoxy) is 1. The van der Waals surface area contributed by atoms with Crippen molar-refractivity contribution in [2.24, 2.45) is 0 Å². The third kappa shape index (κ3) is 2.66. The number of aromatic nitrogens is 2. The zero-order chi connectivity index (χ0) is 14.7. The number of methoxy groups -OCH3 is 1. The lowest BCUT2D eigenvalue weighted by atomic mass is 10.1. The van der Waals surface area contributed by atoms with Crippen LogP contribution in [0.1, 0.15) is 36.7 Å². The van der Waals surface area contributed by atoms with Gasteiger partial charge in [-0.25, -0.2) is 4.79 Å². The van der Waals surface area contributed by atoms with E-state index < -0.39 is 5.97 Å². The lowest BCUT2D eigenvalue weighted by molar-refractivity contribution is 0.0697. The van der Waals surface area contributed by atoms with E-state index in [-0.39, 0.29) is 11.6 Å². The van der Waals surface area contributed by atoms with Crippen LogP contribution in [-0.4, -0.2) is 28.0 Å². The molecule has 2 aromatic rings. The second-order valence-corrected chi connectivity index (χ2v) is 4.67. The van der Waals surface area contributed by atoms with E-state index >= 15 is 0 Å². The zero-order valence-corrected chi connectivity index (χ0v) is 11.8. The van der Waals surface area contributed by atoms with E-state index in [0.717, 1.165) is 12.0 Å². The van der Waals surface area contributed by atoms with E-state index in [1.54, 1.807) is 24.1 Å². The molecule has 1 unspecified atom stereocenters. The van der Waals surface area contributed by atoms with Crippen LogP contribution in [0.25, 0.3) is 11.3 Å². The van der Waals surface area contributed by atoms with Crippen LogP contribution in [0, 0.1) is 0 Å². The van der Waals surface area contributed by atoms with E-state index in [0.29, 0.717) is 11.4 Å². The molecule has 0 spiro atoms. The van der Waals surface area contributed by atoms with Crippen molar-refractivity contribution >= 4 is 5.97 Å². The van der Waals surface area contributed by atoms with Crippen molar-refractivity contribution in [2.75, 3.05) is 7.11 Å². The Morgan fingerprint density at radius 2 is 2.25 bits per heavy atom. The van der Waals surface area contributed by atoms with Crippen molar-refractivity contribution < 1.29 is 14.6 Å². The smallest absolute Gasteiger partial charge is 0.339 e. The fraction of sp³-hybridized carbons (Fsp3) is 0.333. The number of carboxylic acids is 1. The third-order valence-electron chi connectivity index (χ3n) is 3.35. The van der Waals surface area contributed by atoms with E-state index in [1.807, 2.05) is 32.0 Å². The van der Waals surface area contributed by atoms with Crippen LogP contribution in [0.15, 0.2) is 30.5 Å². The van der Waals surface area contributed by atoms with Gasteiger partial charge in [0.1, 0.15) is 17.0 Å². The minimum absolute atomic E-state index is 0.160. The summed E-state index contributed by atoms with van der Waals surface area (Å²) in [6, 6.07) is 7.42. The van der Waals surface area contributed by atoms with Crippen LogP contribution < -0.4 is 4.74 Å². The molecule has 1 N–H and O–H groups in total. The lowest BCUT2D eigenvalue weighted by Crippen LogP contribution is -2.04. The van der Waals surface area contributed by atoms with Crippen molar-refractivity contribution in [1.82, 2.24) is 9.78 Å². The van der Waals surface area contributed by atoms with Crippen molar-refractivity contribution in [3.05, 3.63) is 36.0 Å². The van der Waals surface area contributed by atoms with E-state index in [9.17, 15) is 9.90 Å². The molecule has 0 aliphatic rings. The summed E-state index contributed by atoms with van der Waals surface area (Å²) in [6.45, 7) is 4.05. The van der Waals surface area contributed by atoms with Crippen LogP contribution in [0.5, 0.6) is 5.75 Å². The molecule has 0 bridgehead atoms. The Morgan fingerprint density at radius 1 is 1.50 bits per heavy atom. The van der Waals surface area contributed by atoms with Gasteiger partial charge in [0, 0.05) is 17.8 Å². The molecule has 5 heteroatoms. The minimum atomic E-state index is -0.975. The number of benzene rings is 1. The fourth-order valence-corrected chi connectivity index (χ4v) is 1.94. The van der Waals surface area contributed by atoms with Crippen molar-refractivity contribution in [2.45, 2.75) is 26.3 Å².